The largest absolute Gasteiger partial charge is 0.465 e. The maximum atomic E-state index is 12.5. The number of carbonyl (C=O) groups is 2. The second-order valence-corrected chi connectivity index (χ2v) is 6.04. The van der Waals surface area contributed by atoms with Gasteiger partial charge in [-0.05, 0) is 39.5 Å². The summed E-state index contributed by atoms with van der Waals surface area (Å²) in [6.07, 6.45) is 2.91. The molecule has 126 valence electrons. The Morgan fingerprint density at radius 2 is 1.68 bits per heavy atom. The highest BCUT2D eigenvalue weighted by Gasteiger charge is 2.55. The molecule has 1 atom stereocenters. The first-order valence-electron chi connectivity index (χ1n) is 8.11. The molecule has 6 heteroatoms. The summed E-state index contributed by atoms with van der Waals surface area (Å²) in [4.78, 5) is 25.0. The van der Waals surface area contributed by atoms with E-state index in [0.717, 1.165) is 19.3 Å². The lowest BCUT2D eigenvalue weighted by Crippen LogP contribution is -2.50. The van der Waals surface area contributed by atoms with Crippen molar-refractivity contribution >= 4 is 11.9 Å². The Morgan fingerprint density at radius 1 is 1.14 bits per heavy atom. The van der Waals surface area contributed by atoms with Crippen LogP contribution >= 0.6 is 0 Å². The van der Waals surface area contributed by atoms with E-state index in [1.807, 2.05) is 0 Å². The van der Waals surface area contributed by atoms with Crippen molar-refractivity contribution in [3.05, 3.63) is 0 Å². The fourth-order valence-corrected chi connectivity index (χ4v) is 3.43. The minimum absolute atomic E-state index is 0.211. The molecule has 2 fully saturated rings. The van der Waals surface area contributed by atoms with Crippen molar-refractivity contribution < 1.29 is 28.5 Å². The zero-order valence-corrected chi connectivity index (χ0v) is 13.7. The normalized spacial score (nSPS) is 24.2. The van der Waals surface area contributed by atoms with Gasteiger partial charge in [0, 0.05) is 12.8 Å². The van der Waals surface area contributed by atoms with E-state index in [-0.39, 0.29) is 19.1 Å². The quantitative estimate of drug-likeness (QED) is 0.571. The van der Waals surface area contributed by atoms with Crippen molar-refractivity contribution in [2.24, 2.45) is 11.3 Å². The van der Waals surface area contributed by atoms with E-state index in [4.69, 9.17) is 18.9 Å². The molecule has 22 heavy (non-hydrogen) atoms. The van der Waals surface area contributed by atoms with Gasteiger partial charge in [0.1, 0.15) is 0 Å². The number of rotatable bonds is 5. The van der Waals surface area contributed by atoms with Crippen LogP contribution in [0.2, 0.25) is 0 Å². The summed E-state index contributed by atoms with van der Waals surface area (Å²) in [5.41, 5.74) is -1.31. The zero-order valence-electron chi connectivity index (χ0n) is 13.7. The molecular weight excluding hydrogens is 288 g/mol. The summed E-state index contributed by atoms with van der Waals surface area (Å²) >= 11 is 0. The first kappa shape index (κ1) is 17.2. The van der Waals surface area contributed by atoms with Crippen LogP contribution in [0.25, 0.3) is 0 Å². The van der Waals surface area contributed by atoms with Crippen molar-refractivity contribution in [1.29, 1.82) is 0 Å². The van der Waals surface area contributed by atoms with Crippen molar-refractivity contribution in [3.8, 4) is 0 Å². The van der Waals surface area contributed by atoms with Crippen LogP contribution in [-0.2, 0) is 28.5 Å². The van der Waals surface area contributed by atoms with Gasteiger partial charge in [0.05, 0.1) is 26.4 Å². The van der Waals surface area contributed by atoms with E-state index in [1.165, 1.54) is 0 Å². The second-order valence-electron chi connectivity index (χ2n) is 6.04. The number of carbonyl (C=O) groups excluding carboxylic acids is 2. The maximum absolute atomic E-state index is 12.5. The number of ether oxygens (including phenoxy) is 4. The predicted molar refractivity (Wildman–Crippen MR) is 78.0 cm³/mol. The molecule has 1 aliphatic carbocycles. The molecular formula is C16H26O6. The third-order valence-corrected chi connectivity index (χ3v) is 4.70. The minimum atomic E-state index is -1.31. The zero-order chi connectivity index (χ0) is 16.2. The van der Waals surface area contributed by atoms with Crippen molar-refractivity contribution in [2.45, 2.75) is 52.2 Å². The molecule has 0 aromatic heterocycles. The molecule has 1 saturated carbocycles. The molecule has 0 unspecified atom stereocenters. The topological polar surface area (TPSA) is 71.1 Å². The van der Waals surface area contributed by atoms with Gasteiger partial charge in [0.2, 0.25) is 0 Å². The van der Waals surface area contributed by atoms with Gasteiger partial charge < -0.3 is 18.9 Å². The Bertz CT molecular complexity index is 395. The van der Waals surface area contributed by atoms with E-state index < -0.39 is 23.1 Å². The van der Waals surface area contributed by atoms with Crippen LogP contribution in [-0.4, -0.2) is 44.2 Å². The van der Waals surface area contributed by atoms with Crippen LogP contribution < -0.4 is 0 Å². The lowest BCUT2D eigenvalue weighted by atomic mass is 9.68. The summed E-state index contributed by atoms with van der Waals surface area (Å²) < 4.78 is 21.8. The minimum Gasteiger partial charge on any atom is -0.465 e. The van der Waals surface area contributed by atoms with Crippen molar-refractivity contribution in [3.63, 3.8) is 0 Å². The van der Waals surface area contributed by atoms with Gasteiger partial charge in [-0.15, -0.1) is 0 Å². The van der Waals surface area contributed by atoms with Crippen LogP contribution in [0.3, 0.4) is 0 Å². The van der Waals surface area contributed by atoms with E-state index in [1.54, 1.807) is 20.8 Å². The third kappa shape index (κ3) is 3.13. The molecule has 0 amide bonds. The Morgan fingerprint density at radius 3 is 2.18 bits per heavy atom. The Labute approximate surface area is 131 Å². The van der Waals surface area contributed by atoms with Crippen LogP contribution in [0.15, 0.2) is 0 Å². The number of hydrogen-bond donors (Lipinski definition) is 0. The summed E-state index contributed by atoms with van der Waals surface area (Å²) in [5.74, 6) is -1.90. The molecule has 0 aromatic carbocycles. The van der Waals surface area contributed by atoms with E-state index >= 15 is 0 Å². The lowest BCUT2D eigenvalue weighted by Gasteiger charge is -2.42. The highest BCUT2D eigenvalue weighted by atomic mass is 16.7. The SMILES string of the molecule is CCOC(=O)C(C)(C(=O)OCC)[C@@H]1CCCC2(C1)OCCO2. The molecule has 1 spiro atoms. The molecule has 2 rings (SSSR count). The molecule has 6 nitrogen and oxygen atoms in total. The smallest absolute Gasteiger partial charge is 0.323 e. The number of esters is 2. The first-order chi connectivity index (χ1) is 10.5. The first-order valence-corrected chi connectivity index (χ1v) is 8.11. The van der Waals surface area contributed by atoms with Crippen LogP contribution in [0.1, 0.15) is 46.5 Å². The Balaban J connectivity index is 2.23. The summed E-state index contributed by atoms with van der Waals surface area (Å²) in [7, 11) is 0. The fourth-order valence-electron chi connectivity index (χ4n) is 3.43. The monoisotopic (exact) mass is 314 g/mol. The lowest BCUT2D eigenvalue weighted by molar-refractivity contribution is -0.205. The van der Waals surface area contributed by atoms with Crippen LogP contribution in [0.4, 0.5) is 0 Å². The molecule has 1 heterocycles. The molecule has 0 aromatic rings. The van der Waals surface area contributed by atoms with Crippen LogP contribution in [0.5, 0.6) is 0 Å². The predicted octanol–water partition coefficient (Wildman–Crippen LogP) is 2.05. The van der Waals surface area contributed by atoms with Gasteiger partial charge in [-0.1, -0.05) is 0 Å². The van der Waals surface area contributed by atoms with Gasteiger partial charge in [0.25, 0.3) is 0 Å². The molecule has 0 N–H and O–H groups in total. The summed E-state index contributed by atoms with van der Waals surface area (Å²) in [6.45, 7) is 6.67. The van der Waals surface area contributed by atoms with Gasteiger partial charge >= 0.3 is 11.9 Å². The van der Waals surface area contributed by atoms with E-state index in [2.05, 4.69) is 0 Å². The third-order valence-electron chi connectivity index (χ3n) is 4.70. The molecule has 1 aliphatic heterocycles. The van der Waals surface area contributed by atoms with Gasteiger partial charge in [-0.3, -0.25) is 9.59 Å². The second kappa shape index (κ2) is 6.96. The molecule has 0 bridgehead atoms. The fraction of sp³-hybridized carbons (Fsp3) is 0.875. The molecule has 2 aliphatic rings. The summed E-state index contributed by atoms with van der Waals surface area (Å²) in [5, 5.41) is 0. The van der Waals surface area contributed by atoms with Crippen molar-refractivity contribution in [2.75, 3.05) is 26.4 Å². The van der Waals surface area contributed by atoms with Gasteiger partial charge in [-0.2, -0.15) is 0 Å². The molecule has 0 radical (unpaired) electrons. The van der Waals surface area contributed by atoms with Crippen molar-refractivity contribution in [1.82, 2.24) is 0 Å². The standard InChI is InChI=1S/C16H26O6/c1-4-19-13(17)15(3,14(18)20-5-2)12-7-6-8-16(11-12)21-9-10-22-16/h12H,4-11H2,1-3H3/t12-/m1/s1. The highest BCUT2D eigenvalue weighted by Crippen LogP contribution is 2.47. The van der Waals surface area contributed by atoms with Gasteiger partial charge in [-0.25, -0.2) is 0 Å². The Kier molecular flexibility index (Phi) is 5.45. The van der Waals surface area contributed by atoms with E-state index in [0.29, 0.717) is 19.6 Å². The summed E-state index contributed by atoms with van der Waals surface area (Å²) in [6, 6.07) is 0. The maximum Gasteiger partial charge on any atom is 0.323 e. The van der Waals surface area contributed by atoms with Crippen LogP contribution in [0, 0.1) is 11.3 Å². The molecule has 1 saturated heterocycles. The average molecular weight is 314 g/mol. The van der Waals surface area contributed by atoms with E-state index in [9.17, 15) is 9.59 Å². The average Bonchev–Trinajstić information content (AvgIpc) is 2.94. The number of hydrogen-bond acceptors (Lipinski definition) is 6. The van der Waals surface area contributed by atoms with Gasteiger partial charge in [0.15, 0.2) is 11.2 Å². The Hall–Kier alpha value is -1.14. The highest BCUT2D eigenvalue weighted by molar-refractivity contribution is 6.00.